The summed E-state index contributed by atoms with van der Waals surface area (Å²) in [6.07, 6.45) is -0.123. The van der Waals surface area contributed by atoms with Crippen LogP contribution < -0.4 is 0 Å². The Kier molecular flexibility index (Phi) is 8.77. The topological polar surface area (TPSA) is 96.4 Å². The van der Waals surface area contributed by atoms with E-state index >= 15 is 0 Å². The van der Waals surface area contributed by atoms with Crippen molar-refractivity contribution in [1.29, 1.82) is 0 Å². The highest BCUT2D eigenvalue weighted by Gasteiger charge is 2.31. The summed E-state index contributed by atoms with van der Waals surface area (Å²) in [4.78, 5) is 39.5. The molecule has 1 saturated heterocycles. The molecule has 1 N–H and O–H groups in total. The van der Waals surface area contributed by atoms with Gasteiger partial charge < -0.3 is 14.6 Å². The van der Waals surface area contributed by atoms with Crippen LogP contribution in [0.5, 0.6) is 0 Å². The molecule has 1 heterocycles. The average Bonchev–Trinajstić information content (AvgIpc) is 2.79. The molecule has 0 aliphatic carbocycles. The third-order valence-electron chi connectivity index (χ3n) is 5.27. The van der Waals surface area contributed by atoms with Crippen molar-refractivity contribution in [1.82, 2.24) is 9.80 Å². The van der Waals surface area contributed by atoms with E-state index in [0.29, 0.717) is 19.6 Å². The van der Waals surface area contributed by atoms with Gasteiger partial charge in [0.25, 0.3) is 0 Å². The number of aliphatic carboxylic acids is 1. The van der Waals surface area contributed by atoms with E-state index in [1.54, 1.807) is 0 Å². The fraction of sp³-hybridized carbons (Fsp3) is 0.375. The lowest BCUT2D eigenvalue weighted by Gasteiger charge is -2.39. The quantitative estimate of drug-likeness (QED) is 0.560. The maximum Gasteiger partial charge on any atom is 0.320 e. The van der Waals surface area contributed by atoms with E-state index < -0.39 is 18.0 Å². The van der Waals surface area contributed by atoms with Crippen molar-refractivity contribution in [3.63, 3.8) is 0 Å². The highest BCUT2D eigenvalue weighted by Crippen LogP contribution is 2.14. The molecule has 3 rings (SSSR count). The molecule has 2 aromatic rings. The van der Waals surface area contributed by atoms with Gasteiger partial charge in [-0.2, -0.15) is 0 Å². The number of ether oxygens (including phenoxy) is 2. The molecule has 1 aliphatic rings. The molecule has 1 atom stereocenters. The van der Waals surface area contributed by atoms with E-state index in [2.05, 4.69) is 0 Å². The van der Waals surface area contributed by atoms with E-state index in [4.69, 9.17) is 9.47 Å². The summed E-state index contributed by atoms with van der Waals surface area (Å²) < 4.78 is 10.7. The normalized spacial score (nSPS) is 16.9. The van der Waals surface area contributed by atoms with Gasteiger partial charge in [-0.25, -0.2) is 0 Å². The second-order valence-electron chi connectivity index (χ2n) is 7.75. The zero-order valence-electron chi connectivity index (χ0n) is 17.9. The summed E-state index contributed by atoms with van der Waals surface area (Å²) >= 11 is 0. The SMILES string of the molecule is O=C(O)CC1CN(CC(=O)OCc2ccccc2)CCN1CC(=O)OCc1ccccc1. The van der Waals surface area contributed by atoms with Crippen LogP contribution in [0.3, 0.4) is 0 Å². The van der Waals surface area contributed by atoms with Crippen molar-refractivity contribution in [2.24, 2.45) is 0 Å². The van der Waals surface area contributed by atoms with Gasteiger partial charge in [0.1, 0.15) is 13.2 Å². The van der Waals surface area contributed by atoms with E-state index in [1.807, 2.05) is 70.5 Å². The first kappa shape index (κ1) is 23.4. The minimum atomic E-state index is -0.953. The molecular formula is C24H28N2O6. The van der Waals surface area contributed by atoms with E-state index in [0.717, 1.165) is 11.1 Å². The Hall–Kier alpha value is -3.23. The predicted molar refractivity (Wildman–Crippen MR) is 117 cm³/mol. The van der Waals surface area contributed by atoms with Crippen molar-refractivity contribution in [3.8, 4) is 0 Å². The summed E-state index contributed by atoms with van der Waals surface area (Å²) in [6, 6.07) is 18.4. The number of carbonyl (C=O) groups excluding carboxylic acids is 2. The molecule has 2 aromatic carbocycles. The number of hydrogen-bond acceptors (Lipinski definition) is 7. The van der Waals surface area contributed by atoms with Crippen LogP contribution in [0, 0.1) is 0 Å². The molecule has 8 heteroatoms. The largest absolute Gasteiger partial charge is 0.481 e. The molecule has 0 aromatic heterocycles. The third kappa shape index (κ3) is 7.79. The number of benzene rings is 2. The second-order valence-corrected chi connectivity index (χ2v) is 7.75. The van der Waals surface area contributed by atoms with Gasteiger partial charge in [0, 0.05) is 25.7 Å². The smallest absolute Gasteiger partial charge is 0.320 e. The summed E-state index contributed by atoms with van der Waals surface area (Å²) in [5, 5.41) is 9.30. The predicted octanol–water partition coefficient (Wildman–Crippen LogP) is 1.93. The monoisotopic (exact) mass is 440 g/mol. The zero-order chi connectivity index (χ0) is 22.8. The lowest BCUT2D eigenvalue weighted by atomic mass is 10.1. The molecule has 0 spiro atoms. The van der Waals surface area contributed by atoms with E-state index in [-0.39, 0.29) is 38.7 Å². The number of carboxylic acid groups (broad SMARTS) is 1. The molecule has 0 bridgehead atoms. The van der Waals surface area contributed by atoms with Crippen LogP contribution >= 0.6 is 0 Å². The molecule has 1 aliphatic heterocycles. The minimum Gasteiger partial charge on any atom is -0.481 e. The first-order valence-electron chi connectivity index (χ1n) is 10.6. The first-order chi connectivity index (χ1) is 15.5. The number of rotatable bonds is 10. The Labute approximate surface area is 187 Å². The van der Waals surface area contributed by atoms with Crippen molar-refractivity contribution in [2.45, 2.75) is 25.7 Å². The second kappa shape index (κ2) is 12.0. The maximum absolute atomic E-state index is 12.3. The van der Waals surface area contributed by atoms with Gasteiger partial charge in [0.05, 0.1) is 19.5 Å². The van der Waals surface area contributed by atoms with Crippen molar-refractivity contribution < 1.29 is 29.0 Å². The van der Waals surface area contributed by atoms with Gasteiger partial charge in [-0.1, -0.05) is 60.7 Å². The number of nitrogens with zero attached hydrogens (tertiary/aromatic N) is 2. The number of carbonyl (C=O) groups is 3. The van der Waals surface area contributed by atoms with Gasteiger partial charge in [-0.15, -0.1) is 0 Å². The van der Waals surface area contributed by atoms with Gasteiger partial charge in [-0.3, -0.25) is 24.2 Å². The fourth-order valence-electron chi connectivity index (χ4n) is 3.62. The molecule has 1 fully saturated rings. The molecule has 0 amide bonds. The molecule has 0 saturated carbocycles. The van der Waals surface area contributed by atoms with Crippen LogP contribution in [-0.2, 0) is 37.1 Å². The number of hydrogen-bond donors (Lipinski definition) is 1. The van der Waals surface area contributed by atoms with Crippen molar-refractivity contribution in [2.75, 3.05) is 32.7 Å². The van der Waals surface area contributed by atoms with Crippen molar-refractivity contribution >= 4 is 17.9 Å². The van der Waals surface area contributed by atoms with E-state index in [9.17, 15) is 19.5 Å². The molecular weight excluding hydrogens is 412 g/mol. The summed E-state index contributed by atoms with van der Waals surface area (Å²) in [5.41, 5.74) is 1.80. The Morgan fingerprint density at radius 3 is 1.88 bits per heavy atom. The highest BCUT2D eigenvalue weighted by molar-refractivity contribution is 5.73. The molecule has 32 heavy (non-hydrogen) atoms. The minimum absolute atomic E-state index is 0.0110. The lowest BCUT2D eigenvalue weighted by Crippen LogP contribution is -2.56. The molecule has 170 valence electrons. The van der Waals surface area contributed by atoms with Crippen LogP contribution in [0.15, 0.2) is 60.7 Å². The van der Waals surface area contributed by atoms with Crippen LogP contribution in [0.2, 0.25) is 0 Å². The Bertz CT molecular complexity index is 890. The molecule has 1 unspecified atom stereocenters. The van der Waals surface area contributed by atoms with Crippen LogP contribution in [0.25, 0.3) is 0 Å². The summed E-state index contributed by atoms with van der Waals surface area (Å²) in [7, 11) is 0. The van der Waals surface area contributed by atoms with Crippen LogP contribution in [0.1, 0.15) is 17.5 Å². The van der Waals surface area contributed by atoms with Gasteiger partial charge in [0.15, 0.2) is 0 Å². The first-order valence-corrected chi connectivity index (χ1v) is 10.6. The van der Waals surface area contributed by atoms with Crippen molar-refractivity contribution in [3.05, 3.63) is 71.8 Å². The Morgan fingerprint density at radius 1 is 0.812 bits per heavy atom. The number of piperazine rings is 1. The Morgan fingerprint density at radius 2 is 1.34 bits per heavy atom. The highest BCUT2D eigenvalue weighted by atomic mass is 16.5. The fourth-order valence-corrected chi connectivity index (χ4v) is 3.62. The average molecular weight is 440 g/mol. The van der Waals surface area contributed by atoms with Gasteiger partial charge in [0.2, 0.25) is 0 Å². The molecule has 8 nitrogen and oxygen atoms in total. The lowest BCUT2D eigenvalue weighted by molar-refractivity contribution is -0.151. The third-order valence-corrected chi connectivity index (χ3v) is 5.27. The van der Waals surface area contributed by atoms with Gasteiger partial charge in [-0.05, 0) is 11.1 Å². The standard InChI is InChI=1S/C24H28N2O6/c27-22(28)13-21-14-25(15-23(29)31-17-19-7-3-1-4-8-19)11-12-26(21)16-24(30)32-18-20-9-5-2-6-10-20/h1-10,21H,11-18H2,(H,27,28). The van der Waals surface area contributed by atoms with Crippen LogP contribution in [-0.4, -0.2) is 71.6 Å². The van der Waals surface area contributed by atoms with Gasteiger partial charge >= 0.3 is 17.9 Å². The summed E-state index contributed by atoms with van der Waals surface area (Å²) in [6.45, 7) is 1.82. The summed E-state index contributed by atoms with van der Waals surface area (Å²) in [5.74, 6) is -1.72. The van der Waals surface area contributed by atoms with E-state index in [1.165, 1.54) is 0 Å². The van der Waals surface area contributed by atoms with Crippen LogP contribution in [0.4, 0.5) is 0 Å². The molecule has 0 radical (unpaired) electrons. The maximum atomic E-state index is 12.3. The number of esters is 2. The zero-order valence-corrected chi connectivity index (χ0v) is 17.9. The Balaban J connectivity index is 1.47. The number of carboxylic acids is 1.